The Labute approximate surface area is 161 Å². The fourth-order valence-electron chi connectivity index (χ4n) is 2.34. The van der Waals surface area contributed by atoms with Gasteiger partial charge >= 0.3 is 5.97 Å². The molecule has 26 heavy (non-hydrogen) atoms. The summed E-state index contributed by atoms with van der Waals surface area (Å²) in [6, 6.07) is 14.1. The lowest BCUT2D eigenvalue weighted by molar-refractivity contribution is -0.151. The molecule has 1 amide bonds. The van der Waals surface area contributed by atoms with Crippen LogP contribution in [0.2, 0.25) is 10.0 Å². The minimum absolute atomic E-state index is 0.180. The van der Waals surface area contributed by atoms with Gasteiger partial charge in [-0.05, 0) is 36.6 Å². The van der Waals surface area contributed by atoms with Crippen molar-refractivity contribution >= 4 is 41.2 Å². The van der Waals surface area contributed by atoms with Crippen LogP contribution in [0.5, 0.6) is 0 Å². The lowest BCUT2D eigenvalue weighted by atomic mass is 10.1. The molecule has 0 aliphatic heterocycles. The van der Waals surface area contributed by atoms with Gasteiger partial charge in [-0.25, -0.2) is 4.79 Å². The van der Waals surface area contributed by atoms with Gasteiger partial charge in [-0.3, -0.25) is 4.79 Å². The SMILES string of the molecule is O=C(C=Cc1ccc(Cl)c(Cl)c1)OC(C(=O)NC1CC1)c1ccccc1. The molecule has 1 atom stereocenters. The number of hydrogen-bond acceptors (Lipinski definition) is 3. The largest absolute Gasteiger partial charge is 0.444 e. The van der Waals surface area contributed by atoms with Gasteiger partial charge in [0, 0.05) is 17.7 Å². The zero-order valence-corrected chi connectivity index (χ0v) is 15.3. The summed E-state index contributed by atoms with van der Waals surface area (Å²) in [5.74, 6) is -0.925. The lowest BCUT2D eigenvalue weighted by Crippen LogP contribution is -2.33. The van der Waals surface area contributed by atoms with Crippen LogP contribution in [0, 0.1) is 0 Å². The average Bonchev–Trinajstić information content (AvgIpc) is 3.45. The minimum Gasteiger partial charge on any atom is -0.444 e. The number of amides is 1. The van der Waals surface area contributed by atoms with E-state index in [4.69, 9.17) is 27.9 Å². The Morgan fingerprint density at radius 2 is 1.81 bits per heavy atom. The number of benzene rings is 2. The molecule has 3 rings (SSSR count). The van der Waals surface area contributed by atoms with Crippen molar-refractivity contribution in [2.75, 3.05) is 0 Å². The Hall–Kier alpha value is -2.30. The van der Waals surface area contributed by atoms with Gasteiger partial charge in [-0.15, -0.1) is 0 Å². The second-order valence-corrected chi connectivity index (χ2v) is 6.83. The van der Waals surface area contributed by atoms with E-state index < -0.39 is 12.1 Å². The third kappa shape index (κ3) is 5.10. The number of ether oxygens (including phenoxy) is 1. The van der Waals surface area contributed by atoms with E-state index in [2.05, 4.69) is 5.32 Å². The van der Waals surface area contributed by atoms with Crippen LogP contribution in [0.3, 0.4) is 0 Å². The first-order valence-electron chi connectivity index (χ1n) is 8.22. The van der Waals surface area contributed by atoms with E-state index in [-0.39, 0.29) is 11.9 Å². The highest BCUT2D eigenvalue weighted by Gasteiger charge is 2.30. The molecule has 2 aromatic rings. The quantitative estimate of drug-likeness (QED) is 0.581. The van der Waals surface area contributed by atoms with E-state index >= 15 is 0 Å². The fraction of sp³-hybridized carbons (Fsp3) is 0.200. The molecule has 1 aliphatic rings. The highest BCUT2D eigenvalue weighted by Crippen LogP contribution is 2.24. The van der Waals surface area contributed by atoms with Crippen molar-refractivity contribution in [1.29, 1.82) is 0 Å². The maximum absolute atomic E-state index is 12.4. The maximum Gasteiger partial charge on any atom is 0.331 e. The van der Waals surface area contributed by atoms with Crippen LogP contribution < -0.4 is 5.32 Å². The van der Waals surface area contributed by atoms with Gasteiger partial charge in [0.15, 0.2) is 0 Å². The molecule has 6 heteroatoms. The van der Waals surface area contributed by atoms with Crippen molar-refractivity contribution in [2.45, 2.75) is 25.0 Å². The number of carbonyl (C=O) groups is 2. The summed E-state index contributed by atoms with van der Waals surface area (Å²) in [5.41, 5.74) is 1.33. The van der Waals surface area contributed by atoms with Crippen LogP contribution in [0.15, 0.2) is 54.6 Å². The molecule has 4 nitrogen and oxygen atoms in total. The van der Waals surface area contributed by atoms with Crippen LogP contribution in [0.1, 0.15) is 30.1 Å². The minimum atomic E-state index is -0.984. The molecule has 134 valence electrons. The summed E-state index contributed by atoms with van der Waals surface area (Å²) in [6.45, 7) is 0. The molecule has 1 saturated carbocycles. The number of nitrogens with one attached hydrogen (secondary N) is 1. The molecule has 1 unspecified atom stereocenters. The van der Waals surface area contributed by atoms with Crippen molar-refractivity contribution in [3.05, 3.63) is 75.8 Å². The third-order valence-corrected chi connectivity index (χ3v) is 4.59. The third-order valence-electron chi connectivity index (χ3n) is 3.85. The Morgan fingerprint density at radius 3 is 2.46 bits per heavy atom. The highest BCUT2D eigenvalue weighted by molar-refractivity contribution is 6.42. The van der Waals surface area contributed by atoms with Crippen molar-refractivity contribution in [3.8, 4) is 0 Å². The standard InChI is InChI=1S/C20H17Cl2NO3/c21-16-10-6-13(12-17(16)22)7-11-18(24)26-19(14-4-2-1-3-5-14)20(25)23-15-8-9-15/h1-7,10-12,15,19H,8-9H2,(H,23,25). The molecule has 0 saturated heterocycles. The topological polar surface area (TPSA) is 55.4 Å². The van der Waals surface area contributed by atoms with Crippen LogP contribution in [0.25, 0.3) is 6.08 Å². The summed E-state index contributed by atoms with van der Waals surface area (Å²) >= 11 is 11.8. The van der Waals surface area contributed by atoms with Crippen LogP contribution in [-0.4, -0.2) is 17.9 Å². The number of carbonyl (C=O) groups excluding carboxylic acids is 2. The summed E-state index contributed by atoms with van der Waals surface area (Å²) in [4.78, 5) is 24.7. The summed E-state index contributed by atoms with van der Waals surface area (Å²) < 4.78 is 5.41. The smallest absolute Gasteiger partial charge is 0.331 e. The predicted molar refractivity (Wildman–Crippen MR) is 102 cm³/mol. The van der Waals surface area contributed by atoms with Crippen LogP contribution >= 0.6 is 23.2 Å². The van der Waals surface area contributed by atoms with E-state index in [9.17, 15) is 9.59 Å². The van der Waals surface area contributed by atoms with Gasteiger partial charge in [-0.2, -0.15) is 0 Å². The average molecular weight is 390 g/mol. The number of hydrogen-bond donors (Lipinski definition) is 1. The Balaban J connectivity index is 1.70. The molecular weight excluding hydrogens is 373 g/mol. The Morgan fingerprint density at radius 1 is 1.08 bits per heavy atom. The van der Waals surface area contributed by atoms with E-state index in [0.29, 0.717) is 21.2 Å². The zero-order valence-electron chi connectivity index (χ0n) is 13.8. The van der Waals surface area contributed by atoms with Gasteiger partial charge in [0.1, 0.15) is 0 Å². The molecule has 0 radical (unpaired) electrons. The zero-order chi connectivity index (χ0) is 18.5. The molecule has 0 heterocycles. The van der Waals surface area contributed by atoms with Crippen molar-refractivity contribution in [1.82, 2.24) is 5.32 Å². The van der Waals surface area contributed by atoms with Gasteiger partial charge in [-0.1, -0.05) is 59.6 Å². The monoisotopic (exact) mass is 389 g/mol. The predicted octanol–water partition coefficient (Wildman–Crippen LogP) is 4.57. The molecular formula is C20H17Cl2NO3. The maximum atomic E-state index is 12.4. The first-order valence-corrected chi connectivity index (χ1v) is 8.97. The molecule has 0 bridgehead atoms. The number of esters is 1. The van der Waals surface area contributed by atoms with Crippen molar-refractivity contribution in [2.24, 2.45) is 0 Å². The van der Waals surface area contributed by atoms with E-state index in [0.717, 1.165) is 12.8 Å². The van der Waals surface area contributed by atoms with Crippen molar-refractivity contribution in [3.63, 3.8) is 0 Å². The summed E-state index contributed by atoms with van der Waals surface area (Å²) in [5, 5.41) is 3.71. The Bertz CT molecular complexity index is 832. The number of rotatable bonds is 6. The number of halogens is 2. The molecule has 0 aromatic heterocycles. The summed E-state index contributed by atoms with van der Waals surface area (Å²) in [7, 11) is 0. The second-order valence-electron chi connectivity index (χ2n) is 6.02. The van der Waals surface area contributed by atoms with Gasteiger partial charge in [0.05, 0.1) is 10.0 Å². The van der Waals surface area contributed by atoms with Crippen LogP contribution in [0.4, 0.5) is 0 Å². The fourth-order valence-corrected chi connectivity index (χ4v) is 2.65. The molecule has 1 aliphatic carbocycles. The highest BCUT2D eigenvalue weighted by atomic mass is 35.5. The lowest BCUT2D eigenvalue weighted by Gasteiger charge is -2.17. The molecule has 1 N–H and O–H groups in total. The summed E-state index contributed by atoms with van der Waals surface area (Å²) in [6.07, 6.45) is 3.75. The first kappa shape index (κ1) is 18.5. The van der Waals surface area contributed by atoms with Crippen LogP contribution in [-0.2, 0) is 14.3 Å². The van der Waals surface area contributed by atoms with Gasteiger partial charge < -0.3 is 10.1 Å². The normalized spacial score (nSPS) is 14.8. The first-order chi connectivity index (χ1) is 12.5. The molecule has 1 fully saturated rings. The van der Waals surface area contributed by atoms with Crippen molar-refractivity contribution < 1.29 is 14.3 Å². The molecule has 0 spiro atoms. The molecule has 2 aromatic carbocycles. The van der Waals surface area contributed by atoms with E-state index in [1.165, 1.54) is 6.08 Å². The van der Waals surface area contributed by atoms with Gasteiger partial charge in [0.2, 0.25) is 6.10 Å². The van der Waals surface area contributed by atoms with E-state index in [1.807, 2.05) is 6.07 Å². The van der Waals surface area contributed by atoms with E-state index in [1.54, 1.807) is 48.5 Å². The second kappa shape index (κ2) is 8.39. The van der Waals surface area contributed by atoms with Gasteiger partial charge in [0.25, 0.3) is 5.91 Å². The Kier molecular flexibility index (Phi) is 5.96.